The Morgan fingerprint density at radius 2 is 2.23 bits per heavy atom. The Morgan fingerprint density at radius 1 is 1.54 bits per heavy atom. The highest BCUT2D eigenvalue weighted by molar-refractivity contribution is 7.98. The molecular formula is C10H14N2S. The van der Waals surface area contributed by atoms with E-state index in [0.717, 1.165) is 16.3 Å². The van der Waals surface area contributed by atoms with Gasteiger partial charge >= 0.3 is 0 Å². The van der Waals surface area contributed by atoms with Crippen LogP contribution in [0.15, 0.2) is 17.2 Å². The molecule has 0 unspecified atom stereocenters. The Kier molecular flexibility index (Phi) is 1.99. The average molecular weight is 194 g/mol. The monoisotopic (exact) mass is 194 g/mol. The van der Waals surface area contributed by atoms with Crippen LogP contribution in [0.3, 0.4) is 0 Å². The molecule has 13 heavy (non-hydrogen) atoms. The number of hydrogen-bond donors (Lipinski definition) is 1. The third-order valence-electron chi connectivity index (χ3n) is 2.74. The molecule has 0 atom stereocenters. The highest BCUT2D eigenvalue weighted by Crippen LogP contribution is 2.47. The van der Waals surface area contributed by atoms with Crippen molar-refractivity contribution >= 4 is 17.4 Å². The number of thioether (sulfide) groups is 1. The molecule has 1 fully saturated rings. The van der Waals surface area contributed by atoms with Crippen molar-refractivity contribution < 1.29 is 0 Å². The lowest BCUT2D eigenvalue weighted by Gasteiger charge is -2.09. The normalized spacial score (nSPS) is 18.6. The van der Waals surface area contributed by atoms with Gasteiger partial charge in [0, 0.05) is 27.9 Å². The minimum Gasteiger partial charge on any atom is -0.398 e. The van der Waals surface area contributed by atoms with Gasteiger partial charge in [0.1, 0.15) is 0 Å². The summed E-state index contributed by atoms with van der Waals surface area (Å²) in [5, 5.41) is 0. The Labute approximate surface area is 82.9 Å². The van der Waals surface area contributed by atoms with Crippen molar-refractivity contribution in [3.63, 3.8) is 0 Å². The molecule has 0 spiro atoms. The van der Waals surface area contributed by atoms with E-state index in [-0.39, 0.29) is 0 Å². The fraction of sp³-hybridized carbons (Fsp3) is 0.500. The molecule has 70 valence electrons. The molecule has 0 bridgehead atoms. The first-order chi connectivity index (χ1) is 6.15. The fourth-order valence-electron chi connectivity index (χ4n) is 1.40. The van der Waals surface area contributed by atoms with E-state index in [4.69, 9.17) is 5.73 Å². The summed E-state index contributed by atoms with van der Waals surface area (Å²) >= 11 is 1.65. The zero-order chi connectivity index (χ0) is 9.47. The van der Waals surface area contributed by atoms with Crippen molar-refractivity contribution in [1.82, 2.24) is 4.98 Å². The lowest BCUT2D eigenvalue weighted by molar-refractivity contribution is 0.748. The van der Waals surface area contributed by atoms with E-state index in [1.165, 1.54) is 12.8 Å². The summed E-state index contributed by atoms with van der Waals surface area (Å²) in [6, 6.07) is 2.03. The van der Waals surface area contributed by atoms with Crippen LogP contribution in [0.1, 0.15) is 25.5 Å². The van der Waals surface area contributed by atoms with Gasteiger partial charge in [0.25, 0.3) is 0 Å². The van der Waals surface area contributed by atoms with E-state index >= 15 is 0 Å². The van der Waals surface area contributed by atoms with Gasteiger partial charge in [0.15, 0.2) is 0 Å². The van der Waals surface area contributed by atoms with Gasteiger partial charge in [0.05, 0.1) is 0 Å². The van der Waals surface area contributed by atoms with E-state index in [0.29, 0.717) is 5.41 Å². The van der Waals surface area contributed by atoms with Crippen LogP contribution in [0.5, 0.6) is 0 Å². The number of rotatable bonds is 2. The number of pyridine rings is 1. The fourth-order valence-corrected chi connectivity index (χ4v) is 1.86. The lowest BCUT2D eigenvalue weighted by atomic mass is 10.0. The maximum Gasteiger partial charge on any atom is 0.0486 e. The molecule has 1 aromatic rings. The highest BCUT2D eigenvalue weighted by atomic mass is 32.2. The van der Waals surface area contributed by atoms with Crippen LogP contribution in [0.2, 0.25) is 0 Å². The molecule has 2 N–H and O–H groups in total. The smallest absolute Gasteiger partial charge is 0.0486 e. The summed E-state index contributed by atoms with van der Waals surface area (Å²) in [6.07, 6.45) is 6.40. The number of aromatic nitrogens is 1. The Hall–Kier alpha value is -0.700. The number of anilines is 1. The van der Waals surface area contributed by atoms with Gasteiger partial charge in [-0.1, -0.05) is 6.92 Å². The minimum absolute atomic E-state index is 0.324. The molecule has 2 rings (SSSR count). The molecule has 1 heterocycles. The molecule has 2 nitrogen and oxygen atoms in total. The molecular weight excluding hydrogens is 180 g/mol. The molecule has 0 aromatic carbocycles. The molecule has 0 aliphatic heterocycles. The number of nitrogens with zero attached hydrogens (tertiary/aromatic N) is 1. The zero-order valence-electron chi connectivity index (χ0n) is 8.00. The van der Waals surface area contributed by atoms with Crippen LogP contribution in [0.4, 0.5) is 5.69 Å². The molecule has 1 aliphatic rings. The summed E-state index contributed by atoms with van der Waals surface area (Å²) in [4.78, 5) is 5.52. The molecule has 0 saturated heterocycles. The Bertz CT molecular complexity index is 332. The maximum absolute atomic E-state index is 5.90. The quantitative estimate of drug-likeness (QED) is 0.735. The Balaban J connectivity index is 2.36. The molecule has 3 heteroatoms. The maximum atomic E-state index is 5.90. The van der Waals surface area contributed by atoms with Crippen molar-refractivity contribution in [3.05, 3.63) is 18.0 Å². The van der Waals surface area contributed by atoms with Crippen molar-refractivity contribution in [2.24, 2.45) is 0 Å². The second-order valence-electron chi connectivity index (χ2n) is 3.87. The van der Waals surface area contributed by atoms with E-state index < -0.39 is 0 Å². The first-order valence-corrected chi connectivity index (χ1v) is 5.68. The van der Waals surface area contributed by atoms with E-state index in [1.807, 2.05) is 18.5 Å². The topological polar surface area (TPSA) is 38.9 Å². The van der Waals surface area contributed by atoms with Crippen molar-refractivity contribution in [2.75, 3.05) is 12.0 Å². The van der Waals surface area contributed by atoms with Crippen molar-refractivity contribution in [3.8, 4) is 0 Å². The summed E-state index contributed by atoms with van der Waals surface area (Å²) in [7, 11) is 0. The lowest BCUT2D eigenvalue weighted by Crippen LogP contribution is -2.04. The average Bonchev–Trinajstić information content (AvgIpc) is 2.85. The van der Waals surface area contributed by atoms with E-state index in [1.54, 1.807) is 11.8 Å². The molecule has 0 radical (unpaired) electrons. The van der Waals surface area contributed by atoms with Gasteiger partial charge in [-0.15, -0.1) is 11.8 Å². The van der Waals surface area contributed by atoms with Crippen molar-refractivity contribution in [1.29, 1.82) is 0 Å². The standard InChI is InChI=1S/C10H14N2S/c1-10(3-4-10)9-5-7(11)8(13-2)6-12-9/h5-6H,3-4H2,1-2H3,(H2,11,12). The van der Waals surface area contributed by atoms with Crippen LogP contribution in [-0.2, 0) is 5.41 Å². The summed E-state index contributed by atoms with van der Waals surface area (Å²) in [5.74, 6) is 0. The predicted molar refractivity (Wildman–Crippen MR) is 57.0 cm³/mol. The molecule has 1 saturated carbocycles. The van der Waals surface area contributed by atoms with Gasteiger partial charge in [-0.2, -0.15) is 0 Å². The Morgan fingerprint density at radius 3 is 2.69 bits per heavy atom. The predicted octanol–water partition coefficient (Wildman–Crippen LogP) is 2.44. The van der Waals surface area contributed by atoms with Gasteiger partial charge in [0.2, 0.25) is 0 Å². The molecule has 1 aliphatic carbocycles. The second kappa shape index (κ2) is 2.91. The summed E-state index contributed by atoms with van der Waals surface area (Å²) in [6.45, 7) is 2.24. The van der Waals surface area contributed by atoms with Gasteiger partial charge in [-0.05, 0) is 25.2 Å². The van der Waals surface area contributed by atoms with Crippen LogP contribution >= 0.6 is 11.8 Å². The second-order valence-corrected chi connectivity index (χ2v) is 4.72. The number of nitrogen functional groups attached to an aromatic ring is 1. The minimum atomic E-state index is 0.324. The van der Waals surface area contributed by atoms with E-state index in [9.17, 15) is 0 Å². The number of hydrogen-bond acceptors (Lipinski definition) is 3. The number of nitrogens with two attached hydrogens (primary N) is 1. The molecule has 0 amide bonds. The van der Waals surface area contributed by atoms with Crippen LogP contribution in [0.25, 0.3) is 0 Å². The van der Waals surface area contributed by atoms with E-state index in [2.05, 4.69) is 11.9 Å². The first kappa shape index (κ1) is 8.88. The third-order valence-corrected chi connectivity index (χ3v) is 3.52. The highest BCUT2D eigenvalue weighted by Gasteiger charge is 2.40. The zero-order valence-corrected chi connectivity index (χ0v) is 8.82. The summed E-state index contributed by atoms with van der Waals surface area (Å²) in [5.41, 5.74) is 8.24. The summed E-state index contributed by atoms with van der Waals surface area (Å²) < 4.78 is 0. The SMILES string of the molecule is CSc1cnc(C2(C)CC2)cc1N. The first-order valence-electron chi connectivity index (χ1n) is 4.46. The van der Waals surface area contributed by atoms with Crippen LogP contribution < -0.4 is 5.73 Å². The largest absolute Gasteiger partial charge is 0.398 e. The van der Waals surface area contributed by atoms with Crippen LogP contribution in [0, 0.1) is 0 Å². The molecule has 1 aromatic heterocycles. The van der Waals surface area contributed by atoms with Crippen LogP contribution in [-0.4, -0.2) is 11.2 Å². The third kappa shape index (κ3) is 1.53. The van der Waals surface area contributed by atoms with Crippen molar-refractivity contribution in [2.45, 2.75) is 30.1 Å². The van der Waals surface area contributed by atoms with Gasteiger partial charge in [-0.3, -0.25) is 4.98 Å². The van der Waals surface area contributed by atoms with Gasteiger partial charge < -0.3 is 5.73 Å². The van der Waals surface area contributed by atoms with Gasteiger partial charge in [-0.25, -0.2) is 0 Å².